The van der Waals surface area contributed by atoms with E-state index in [9.17, 15) is 43.5 Å². The molecule has 4 unspecified atom stereocenters. The molecule has 2 saturated heterocycles. The summed E-state index contributed by atoms with van der Waals surface area (Å²) in [6.45, 7) is 4.41. The van der Waals surface area contributed by atoms with Gasteiger partial charge in [-0.1, -0.05) is 160 Å². The van der Waals surface area contributed by atoms with Crippen LogP contribution in [0.2, 0.25) is 0 Å². The van der Waals surface area contributed by atoms with E-state index in [1.54, 1.807) is 0 Å². The normalized spacial score (nSPS) is 22.1. The fraction of sp³-hybridized carbons (Fsp3) is 0.769. The topological polar surface area (TPSA) is 278 Å². The molecule has 0 amide bonds. The van der Waals surface area contributed by atoms with Gasteiger partial charge in [0.15, 0.2) is 12.3 Å². The van der Waals surface area contributed by atoms with Crippen molar-refractivity contribution in [1.82, 2.24) is 9.55 Å². The summed E-state index contributed by atoms with van der Waals surface area (Å²) in [5.74, 6) is -0.570. The van der Waals surface area contributed by atoms with Crippen LogP contribution in [0, 0.1) is 5.92 Å². The van der Waals surface area contributed by atoms with Gasteiger partial charge in [0, 0.05) is 19.0 Å². The molecule has 0 saturated carbocycles. The number of unbranched alkanes of at least 4 members (excludes halogenated alkanes) is 17. The number of hydrogen-bond acceptors (Lipinski definition) is 16. The van der Waals surface area contributed by atoms with E-state index in [4.69, 9.17) is 33.7 Å². The fourth-order valence-corrected chi connectivity index (χ4v) is 10.3. The maximum Gasteiger partial charge on any atom is 0.481 e. The van der Waals surface area contributed by atoms with Gasteiger partial charge < -0.3 is 44.7 Å². The van der Waals surface area contributed by atoms with Crippen molar-refractivity contribution in [2.45, 2.75) is 231 Å². The molecule has 0 aromatic carbocycles. The number of anilines is 1. The van der Waals surface area contributed by atoms with Crippen LogP contribution in [-0.4, -0.2) is 97.9 Å². The number of allylic oxidation sites excluding steroid dienone is 4. The van der Waals surface area contributed by atoms with Gasteiger partial charge in [0.1, 0.15) is 30.7 Å². The molecule has 2 aliphatic heterocycles. The van der Waals surface area contributed by atoms with Crippen molar-refractivity contribution in [1.29, 1.82) is 0 Å². The van der Waals surface area contributed by atoms with Gasteiger partial charge >= 0.3 is 33.3 Å². The van der Waals surface area contributed by atoms with Gasteiger partial charge in [-0.2, -0.15) is 9.29 Å². The Bertz CT molecular complexity index is 1950. The summed E-state index contributed by atoms with van der Waals surface area (Å²) in [5, 5.41) is 20.9. The maximum atomic E-state index is 12.9. The van der Waals surface area contributed by atoms with Crippen molar-refractivity contribution in [3.05, 3.63) is 59.2 Å². The number of aliphatic hydroxyl groups is 2. The van der Waals surface area contributed by atoms with E-state index in [-0.39, 0.29) is 24.8 Å². The molecule has 1 aromatic rings. The molecule has 19 nitrogen and oxygen atoms in total. The molecule has 73 heavy (non-hydrogen) atoms. The summed E-state index contributed by atoms with van der Waals surface area (Å²) in [6.07, 6.45) is 32.6. The number of ether oxygens (including phenoxy) is 4. The molecule has 1 aromatic heterocycles. The average molecular weight is 1070 g/mol. The van der Waals surface area contributed by atoms with Gasteiger partial charge in [-0.15, -0.1) is 0 Å². The number of nitrogens with zero attached hydrogens (tertiary/aromatic N) is 2. The third kappa shape index (κ3) is 29.7. The number of aliphatic hydroxyl groups excluding tert-OH is 2. The van der Waals surface area contributed by atoms with Gasteiger partial charge in [0.2, 0.25) is 0 Å². The van der Waals surface area contributed by atoms with E-state index in [1.165, 1.54) is 89.5 Å². The highest BCUT2D eigenvalue weighted by Crippen LogP contribution is 2.60. The Morgan fingerprint density at radius 1 is 0.712 bits per heavy atom. The first-order chi connectivity index (χ1) is 35.0. The third-order valence-corrected chi connectivity index (χ3v) is 15.2. The highest BCUT2D eigenvalue weighted by molar-refractivity contribution is 7.61. The van der Waals surface area contributed by atoms with Crippen molar-refractivity contribution in [3.8, 4) is 0 Å². The van der Waals surface area contributed by atoms with Gasteiger partial charge in [0.25, 0.3) is 0 Å². The number of nitrogens with two attached hydrogens (primary N) is 1. The van der Waals surface area contributed by atoms with Crippen molar-refractivity contribution in [2.24, 2.45) is 5.92 Å². The zero-order valence-corrected chi connectivity index (χ0v) is 45.6. The molecule has 21 heteroatoms. The molecule has 9 atom stereocenters. The van der Waals surface area contributed by atoms with Gasteiger partial charge in [0.05, 0.1) is 25.4 Å². The Balaban J connectivity index is 1.39. The zero-order chi connectivity index (χ0) is 53.3. The monoisotopic (exact) mass is 1070 g/mol. The van der Waals surface area contributed by atoms with Crippen molar-refractivity contribution in [3.63, 3.8) is 0 Å². The fourth-order valence-electron chi connectivity index (χ4n) is 8.24. The zero-order valence-electron chi connectivity index (χ0n) is 43.8. The minimum Gasteiger partial charge on any atom is -0.462 e. The number of phosphoric acid groups is 2. The Kier molecular flexibility index (Phi) is 32.4. The summed E-state index contributed by atoms with van der Waals surface area (Å²) in [7, 11) is -10.9. The minimum absolute atomic E-state index is 0.0299. The number of epoxide rings is 1. The summed E-state index contributed by atoms with van der Waals surface area (Å²) in [4.78, 5) is 62.0. The van der Waals surface area contributed by atoms with Crippen LogP contribution in [0.1, 0.15) is 194 Å². The van der Waals surface area contributed by atoms with Crippen LogP contribution in [-0.2, 0) is 51.0 Å². The first-order valence-corrected chi connectivity index (χ1v) is 30.0. The number of aromatic nitrogens is 2. The number of rotatable bonds is 43. The Morgan fingerprint density at radius 3 is 1.90 bits per heavy atom. The lowest BCUT2D eigenvalue weighted by Gasteiger charge is -2.21. The number of esters is 2. The van der Waals surface area contributed by atoms with E-state index in [0.717, 1.165) is 68.0 Å². The largest absolute Gasteiger partial charge is 0.481 e. The quantitative estimate of drug-likeness (QED) is 0.0134. The number of carbonyl (C=O) groups excluding carboxylic acids is 2. The average Bonchev–Trinajstić information content (AvgIpc) is 4.03. The van der Waals surface area contributed by atoms with Crippen LogP contribution in [0.5, 0.6) is 0 Å². The third-order valence-electron chi connectivity index (χ3n) is 12.6. The second-order valence-corrected chi connectivity index (χ2v) is 22.6. The summed E-state index contributed by atoms with van der Waals surface area (Å²) >= 11 is 0. The van der Waals surface area contributed by atoms with Crippen LogP contribution < -0.4 is 11.4 Å². The molecular weight excluding hydrogens is 985 g/mol. The van der Waals surface area contributed by atoms with E-state index < -0.39 is 83.7 Å². The molecule has 2 aliphatic rings. The van der Waals surface area contributed by atoms with Crippen molar-refractivity contribution in [2.75, 3.05) is 25.6 Å². The first-order valence-electron chi connectivity index (χ1n) is 27.0. The molecule has 0 bridgehead atoms. The molecule has 6 N–H and O–H groups in total. The van der Waals surface area contributed by atoms with Crippen LogP contribution >= 0.6 is 15.6 Å². The molecule has 418 valence electrons. The summed E-state index contributed by atoms with van der Waals surface area (Å²) in [6, 6.07) is 1.25. The Morgan fingerprint density at radius 2 is 1.27 bits per heavy atom. The molecule has 3 rings (SSSR count). The predicted octanol–water partition coefficient (Wildman–Crippen LogP) is 10.4. The number of nitrogen functional groups attached to an aromatic ring is 1. The second kappa shape index (κ2) is 36.8. The maximum absolute atomic E-state index is 12.9. The van der Waals surface area contributed by atoms with E-state index in [1.807, 2.05) is 12.2 Å². The molecule has 0 aliphatic carbocycles. The minimum atomic E-state index is -5.44. The molecule has 0 radical (unpaired) electrons. The Hall–Kier alpha value is -3.06. The number of hydrogen-bond donors (Lipinski definition) is 5. The van der Waals surface area contributed by atoms with E-state index in [0.29, 0.717) is 25.4 Å². The molecule has 0 spiro atoms. The highest BCUT2D eigenvalue weighted by atomic mass is 31.3. The summed E-state index contributed by atoms with van der Waals surface area (Å²) < 4.78 is 62.6. The van der Waals surface area contributed by atoms with Crippen LogP contribution in [0.25, 0.3) is 0 Å². The SMILES string of the molecule is CCCCC/C=C\CC1OC1C/C=C\C/C=C\CCCC(=O)O[C@H](COC(=O)CCCCCCCCCCCCCCCCC(C)C)COP(=O)(O)OP(=O)(O)OC[C@H]1O[C@@H](n2ccc(N)nc2=O)[C@H](O)[C@@H]1O. The lowest BCUT2D eigenvalue weighted by molar-refractivity contribution is -0.161. The van der Waals surface area contributed by atoms with Gasteiger partial charge in [-0.05, 0) is 63.4 Å². The van der Waals surface area contributed by atoms with Gasteiger partial charge in [-0.3, -0.25) is 23.2 Å². The second-order valence-electron chi connectivity index (χ2n) is 19.6. The van der Waals surface area contributed by atoms with E-state index in [2.05, 4.69) is 54.4 Å². The first kappa shape index (κ1) is 64.2. The molecule has 2 fully saturated rings. The highest BCUT2D eigenvalue weighted by Gasteiger charge is 2.46. The van der Waals surface area contributed by atoms with Crippen molar-refractivity contribution < 1.29 is 71.0 Å². The van der Waals surface area contributed by atoms with Crippen molar-refractivity contribution >= 4 is 33.4 Å². The lowest BCUT2D eigenvalue weighted by Crippen LogP contribution is -2.36. The van der Waals surface area contributed by atoms with Crippen LogP contribution in [0.4, 0.5) is 5.82 Å². The molecular formula is C52H89N3O16P2. The van der Waals surface area contributed by atoms with Crippen LogP contribution in [0.15, 0.2) is 53.5 Å². The lowest BCUT2D eigenvalue weighted by atomic mass is 10.0. The number of phosphoric ester groups is 2. The van der Waals surface area contributed by atoms with E-state index >= 15 is 0 Å². The standard InChI is InChI=1S/C52H89N3O16P2/c1-4-5-6-7-22-27-32-43-44(69-43)33-28-23-18-16-20-25-30-35-48(57)68-42(38-65-47(56)34-29-24-19-15-13-11-9-8-10-12-14-17-21-26-31-41(2)3)39-66-72(61,62)71-73(63,64)67-40-45-49(58)50(59)51(70-45)55-37-36-46(53)54-52(55)60/h16,20,22-23,27-28,36-37,41-45,49-51,58-59H,4-15,17-19,21,24-26,29-35,38-40H2,1-3H3,(H,61,62)(H,63,64)(H2,53,54,60)/b20-16-,27-22-,28-23-/t42-,43?,44?,45-,49-,50-,51-/m1/s1. The van der Waals surface area contributed by atoms with Crippen LogP contribution in [0.3, 0.4) is 0 Å². The number of carbonyl (C=O) groups is 2. The summed E-state index contributed by atoms with van der Waals surface area (Å²) in [5.41, 5.74) is 4.59. The predicted molar refractivity (Wildman–Crippen MR) is 279 cm³/mol. The molecule has 3 heterocycles. The smallest absolute Gasteiger partial charge is 0.462 e. The van der Waals surface area contributed by atoms with Gasteiger partial charge in [-0.25, -0.2) is 13.9 Å². The Labute approximate surface area is 433 Å².